The van der Waals surface area contributed by atoms with Gasteiger partial charge in [0.05, 0.1) is 18.4 Å². The maximum absolute atomic E-state index is 13.1. The number of hydrogen-bond donors (Lipinski definition) is 0. The number of rotatable bonds is 7. The number of aromatic nitrogens is 2. The summed E-state index contributed by atoms with van der Waals surface area (Å²) in [6, 6.07) is 15.7. The summed E-state index contributed by atoms with van der Waals surface area (Å²) in [5.41, 5.74) is 1.91. The molecule has 0 N–H and O–H groups in total. The molecule has 0 aliphatic heterocycles. The highest BCUT2D eigenvalue weighted by Gasteiger charge is 2.20. The molecule has 0 radical (unpaired) electrons. The summed E-state index contributed by atoms with van der Waals surface area (Å²) in [5.74, 6) is -0.00261. The third kappa shape index (κ3) is 4.74. The molecule has 1 aromatic carbocycles. The molecule has 0 spiro atoms. The molecule has 0 saturated carbocycles. The lowest BCUT2D eigenvalue weighted by Crippen LogP contribution is -2.36. The van der Waals surface area contributed by atoms with Gasteiger partial charge in [-0.25, -0.2) is 4.98 Å². The van der Waals surface area contributed by atoms with Gasteiger partial charge in [0.25, 0.3) is 5.91 Å². The monoisotopic (exact) mass is 366 g/mol. The van der Waals surface area contributed by atoms with E-state index in [1.807, 2.05) is 67.5 Å². The van der Waals surface area contributed by atoms with E-state index < -0.39 is 0 Å². The average molecular weight is 366 g/mol. The Hall–Kier alpha value is -2.57. The fraction of sp³-hybridized carbons (Fsp3) is 0.250. The zero-order valence-electron chi connectivity index (χ0n) is 15.0. The Kier molecular flexibility index (Phi) is 6.09. The quantitative estimate of drug-likeness (QED) is 0.643. The van der Waals surface area contributed by atoms with Crippen molar-refractivity contribution in [2.24, 2.45) is 0 Å². The molecule has 3 aromatic rings. The second-order valence-corrected chi connectivity index (χ2v) is 7.28. The van der Waals surface area contributed by atoms with Crippen molar-refractivity contribution >= 4 is 17.2 Å². The largest absolute Gasteiger partial charge is 0.331 e. The van der Waals surface area contributed by atoms with Gasteiger partial charge in [-0.05, 0) is 26.2 Å². The number of benzene rings is 1. The van der Waals surface area contributed by atoms with E-state index in [1.54, 1.807) is 12.4 Å². The molecule has 2 heterocycles. The van der Waals surface area contributed by atoms with Gasteiger partial charge < -0.3 is 9.80 Å². The molecule has 5 nitrogen and oxygen atoms in total. The third-order valence-electron chi connectivity index (χ3n) is 3.92. The van der Waals surface area contributed by atoms with Crippen LogP contribution >= 0.6 is 11.3 Å². The van der Waals surface area contributed by atoms with Crippen LogP contribution in [0.5, 0.6) is 0 Å². The second kappa shape index (κ2) is 8.69. The Labute approximate surface area is 157 Å². The zero-order chi connectivity index (χ0) is 18.4. The SMILES string of the molecule is CN(C)CCN(Cc1ccccn1)C(=O)c1cnc(-c2ccccc2)s1. The Morgan fingerprint density at radius 1 is 1.00 bits per heavy atom. The zero-order valence-corrected chi connectivity index (χ0v) is 15.8. The first-order valence-corrected chi connectivity index (χ1v) is 9.30. The Balaban J connectivity index is 1.79. The summed E-state index contributed by atoms with van der Waals surface area (Å²) in [6.45, 7) is 1.93. The number of thiazole rings is 1. The minimum Gasteiger partial charge on any atom is -0.331 e. The predicted molar refractivity (Wildman–Crippen MR) is 105 cm³/mol. The van der Waals surface area contributed by atoms with Gasteiger partial charge in [0, 0.05) is 24.8 Å². The number of amides is 1. The van der Waals surface area contributed by atoms with Crippen molar-refractivity contribution < 1.29 is 4.79 Å². The first-order chi connectivity index (χ1) is 12.6. The van der Waals surface area contributed by atoms with Crippen molar-refractivity contribution in [3.05, 3.63) is 71.5 Å². The summed E-state index contributed by atoms with van der Waals surface area (Å²) in [5, 5.41) is 0.861. The fourth-order valence-corrected chi connectivity index (χ4v) is 3.39. The number of carbonyl (C=O) groups excluding carboxylic acids is 1. The number of likely N-dealkylation sites (N-methyl/N-ethyl adjacent to an activating group) is 1. The Bertz CT molecular complexity index is 833. The van der Waals surface area contributed by atoms with Crippen LogP contribution < -0.4 is 0 Å². The van der Waals surface area contributed by atoms with Crippen LogP contribution in [0.2, 0.25) is 0 Å². The van der Waals surface area contributed by atoms with Crippen LogP contribution in [0.15, 0.2) is 60.9 Å². The van der Waals surface area contributed by atoms with Gasteiger partial charge in [0.2, 0.25) is 0 Å². The van der Waals surface area contributed by atoms with Crippen molar-refractivity contribution in [1.82, 2.24) is 19.8 Å². The van der Waals surface area contributed by atoms with E-state index in [9.17, 15) is 4.79 Å². The van der Waals surface area contributed by atoms with Gasteiger partial charge >= 0.3 is 0 Å². The molecular formula is C20H22N4OS. The van der Waals surface area contributed by atoms with Crippen molar-refractivity contribution in [2.45, 2.75) is 6.54 Å². The first kappa shape index (κ1) is 18.2. The summed E-state index contributed by atoms with van der Waals surface area (Å²) in [4.78, 5) is 26.4. The molecule has 0 aliphatic rings. The molecule has 0 saturated heterocycles. The lowest BCUT2D eigenvalue weighted by atomic mass is 10.2. The van der Waals surface area contributed by atoms with Gasteiger partial charge in [-0.1, -0.05) is 36.4 Å². The van der Waals surface area contributed by atoms with Crippen molar-refractivity contribution in [3.63, 3.8) is 0 Å². The molecule has 3 rings (SSSR count). The average Bonchev–Trinajstić information content (AvgIpc) is 3.16. The maximum atomic E-state index is 13.1. The maximum Gasteiger partial charge on any atom is 0.265 e. The van der Waals surface area contributed by atoms with Gasteiger partial charge in [-0.15, -0.1) is 11.3 Å². The molecule has 1 amide bonds. The van der Waals surface area contributed by atoms with E-state index in [-0.39, 0.29) is 5.91 Å². The smallest absolute Gasteiger partial charge is 0.265 e. The standard InChI is InChI=1S/C20H22N4OS/c1-23(2)12-13-24(15-17-10-6-7-11-21-17)20(25)18-14-22-19(26-18)16-8-4-3-5-9-16/h3-11,14H,12-13,15H2,1-2H3. The van der Waals surface area contributed by atoms with E-state index in [4.69, 9.17) is 0 Å². The van der Waals surface area contributed by atoms with Crippen LogP contribution in [0.3, 0.4) is 0 Å². The van der Waals surface area contributed by atoms with Crippen molar-refractivity contribution in [2.75, 3.05) is 27.2 Å². The molecule has 0 aliphatic carbocycles. The highest BCUT2D eigenvalue weighted by molar-refractivity contribution is 7.16. The summed E-state index contributed by atoms with van der Waals surface area (Å²) in [7, 11) is 4.01. The van der Waals surface area contributed by atoms with E-state index in [2.05, 4.69) is 14.9 Å². The highest BCUT2D eigenvalue weighted by atomic mass is 32.1. The molecule has 26 heavy (non-hydrogen) atoms. The van der Waals surface area contributed by atoms with Gasteiger partial charge in [0.1, 0.15) is 9.88 Å². The van der Waals surface area contributed by atoms with Crippen LogP contribution in [0, 0.1) is 0 Å². The molecule has 0 unspecified atom stereocenters. The van der Waals surface area contributed by atoms with Crippen molar-refractivity contribution in [3.8, 4) is 10.6 Å². The van der Waals surface area contributed by atoms with E-state index in [0.29, 0.717) is 18.0 Å². The minimum absolute atomic E-state index is 0.00261. The molecule has 134 valence electrons. The molecule has 0 atom stereocenters. The van der Waals surface area contributed by atoms with E-state index in [1.165, 1.54) is 11.3 Å². The first-order valence-electron chi connectivity index (χ1n) is 8.48. The van der Waals surface area contributed by atoms with Crippen LogP contribution in [0.1, 0.15) is 15.4 Å². The second-order valence-electron chi connectivity index (χ2n) is 6.25. The Morgan fingerprint density at radius 2 is 1.77 bits per heavy atom. The number of carbonyl (C=O) groups is 1. The highest BCUT2D eigenvalue weighted by Crippen LogP contribution is 2.26. The summed E-state index contributed by atoms with van der Waals surface area (Å²) >= 11 is 1.43. The van der Waals surface area contributed by atoms with Gasteiger partial charge in [-0.3, -0.25) is 9.78 Å². The fourth-order valence-electron chi connectivity index (χ4n) is 2.50. The number of nitrogens with zero attached hydrogens (tertiary/aromatic N) is 4. The van der Waals surface area contributed by atoms with E-state index >= 15 is 0 Å². The number of hydrogen-bond acceptors (Lipinski definition) is 5. The number of pyridine rings is 1. The predicted octanol–water partition coefficient (Wildman–Crippen LogP) is 3.41. The minimum atomic E-state index is -0.00261. The molecule has 0 fully saturated rings. The third-order valence-corrected chi connectivity index (χ3v) is 4.95. The molecule has 0 bridgehead atoms. The molecule has 6 heteroatoms. The molecular weight excluding hydrogens is 344 g/mol. The summed E-state index contributed by atoms with van der Waals surface area (Å²) in [6.07, 6.45) is 3.43. The van der Waals surface area contributed by atoms with Crippen LogP contribution in [-0.4, -0.2) is 52.9 Å². The lowest BCUT2D eigenvalue weighted by Gasteiger charge is -2.23. The van der Waals surface area contributed by atoms with Gasteiger partial charge in [-0.2, -0.15) is 0 Å². The van der Waals surface area contributed by atoms with Crippen LogP contribution in [0.4, 0.5) is 0 Å². The topological polar surface area (TPSA) is 49.3 Å². The van der Waals surface area contributed by atoms with E-state index in [0.717, 1.165) is 22.8 Å². The van der Waals surface area contributed by atoms with Crippen LogP contribution in [-0.2, 0) is 6.54 Å². The lowest BCUT2D eigenvalue weighted by molar-refractivity contribution is 0.0734. The summed E-state index contributed by atoms with van der Waals surface area (Å²) < 4.78 is 0. The van der Waals surface area contributed by atoms with Crippen LogP contribution in [0.25, 0.3) is 10.6 Å². The Morgan fingerprint density at radius 3 is 2.46 bits per heavy atom. The normalized spacial score (nSPS) is 10.9. The molecule has 2 aromatic heterocycles. The van der Waals surface area contributed by atoms with Crippen molar-refractivity contribution in [1.29, 1.82) is 0 Å². The van der Waals surface area contributed by atoms with Gasteiger partial charge in [0.15, 0.2) is 0 Å².